The van der Waals surface area contributed by atoms with E-state index in [4.69, 9.17) is 26.2 Å². The quantitative estimate of drug-likeness (QED) is 0.295. The van der Waals surface area contributed by atoms with Gasteiger partial charge < -0.3 is 14.6 Å². The number of aliphatic carboxylic acids is 1. The molecule has 1 aromatic heterocycles. The van der Waals surface area contributed by atoms with E-state index in [1.165, 1.54) is 48.9 Å². The van der Waals surface area contributed by atoms with Crippen molar-refractivity contribution in [1.82, 2.24) is 5.43 Å². The lowest BCUT2D eigenvalue weighted by atomic mass is 10.2. The van der Waals surface area contributed by atoms with Crippen molar-refractivity contribution in [1.29, 1.82) is 0 Å². The van der Waals surface area contributed by atoms with Crippen molar-refractivity contribution >= 4 is 56.8 Å². The lowest BCUT2D eigenvalue weighted by molar-refractivity contribution is -0.384. The SMILES string of the molecule is COc1cc(/C=N\NC(=O)c2cc3cc([N+](=O)[O-])ccc3s2)cc(Cl)c1OCC(=O)O. The van der Waals surface area contributed by atoms with Crippen LogP contribution in [0.4, 0.5) is 5.69 Å². The number of amides is 1. The number of nitro benzene ring substituents is 1. The van der Waals surface area contributed by atoms with Crippen molar-refractivity contribution in [3.63, 3.8) is 0 Å². The van der Waals surface area contributed by atoms with Crippen LogP contribution in [0.25, 0.3) is 10.1 Å². The number of ether oxygens (including phenoxy) is 2. The normalized spacial score (nSPS) is 10.9. The molecule has 0 bridgehead atoms. The van der Waals surface area contributed by atoms with E-state index >= 15 is 0 Å². The molecule has 0 fully saturated rings. The second-order valence-electron chi connectivity index (χ2n) is 6.01. The van der Waals surface area contributed by atoms with Gasteiger partial charge >= 0.3 is 5.97 Å². The molecule has 0 aliphatic carbocycles. The predicted octanol–water partition coefficient (Wildman–Crippen LogP) is 3.70. The smallest absolute Gasteiger partial charge is 0.341 e. The first-order valence-corrected chi connectivity index (χ1v) is 9.71. The fourth-order valence-electron chi connectivity index (χ4n) is 2.57. The summed E-state index contributed by atoms with van der Waals surface area (Å²) in [4.78, 5) is 33.7. The lowest BCUT2D eigenvalue weighted by Gasteiger charge is -2.11. The summed E-state index contributed by atoms with van der Waals surface area (Å²) in [5.74, 6) is -1.37. The third-order valence-corrected chi connectivity index (χ3v) is 5.30. The second-order valence-corrected chi connectivity index (χ2v) is 7.50. The van der Waals surface area contributed by atoms with E-state index < -0.39 is 23.4 Å². The molecule has 0 saturated carbocycles. The molecule has 31 heavy (non-hydrogen) atoms. The average Bonchev–Trinajstić information content (AvgIpc) is 3.15. The molecule has 0 radical (unpaired) electrons. The van der Waals surface area contributed by atoms with E-state index in [2.05, 4.69) is 10.5 Å². The molecule has 0 saturated heterocycles. The number of carboxylic acids is 1. The summed E-state index contributed by atoms with van der Waals surface area (Å²) < 4.78 is 11.0. The number of hydrogen-bond acceptors (Lipinski definition) is 8. The van der Waals surface area contributed by atoms with Crippen molar-refractivity contribution in [2.24, 2.45) is 5.10 Å². The fourth-order valence-corrected chi connectivity index (χ4v) is 3.77. The average molecular weight is 464 g/mol. The summed E-state index contributed by atoms with van der Waals surface area (Å²) in [6.07, 6.45) is 1.32. The Hall–Kier alpha value is -3.70. The molecule has 1 amide bonds. The van der Waals surface area contributed by atoms with E-state index in [0.29, 0.717) is 15.8 Å². The van der Waals surface area contributed by atoms with Gasteiger partial charge in [-0.05, 0) is 29.8 Å². The Labute approximate surface area is 183 Å². The molecule has 0 spiro atoms. The van der Waals surface area contributed by atoms with Crippen LogP contribution in [0.1, 0.15) is 15.2 Å². The number of carboxylic acid groups (broad SMARTS) is 1. The Balaban J connectivity index is 1.73. The molecule has 3 rings (SSSR count). The third-order valence-electron chi connectivity index (χ3n) is 3.91. The summed E-state index contributed by atoms with van der Waals surface area (Å²) in [6, 6.07) is 8.88. The molecule has 2 aromatic carbocycles. The van der Waals surface area contributed by atoms with E-state index in [-0.39, 0.29) is 22.2 Å². The van der Waals surface area contributed by atoms with Crippen molar-refractivity contribution in [2.75, 3.05) is 13.7 Å². The van der Waals surface area contributed by atoms with Crippen LogP contribution in [0.3, 0.4) is 0 Å². The van der Waals surface area contributed by atoms with Crippen LogP contribution in [0.2, 0.25) is 5.02 Å². The highest BCUT2D eigenvalue weighted by molar-refractivity contribution is 7.20. The number of benzene rings is 2. The van der Waals surface area contributed by atoms with Gasteiger partial charge in [-0.2, -0.15) is 5.10 Å². The number of nitrogens with one attached hydrogen (secondary N) is 1. The molecule has 1 heterocycles. The van der Waals surface area contributed by atoms with Gasteiger partial charge in [0.05, 0.1) is 28.1 Å². The van der Waals surface area contributed by atoms with Gasteiger partial charge in [-0.3, -0.25) is 14.9 Å². The first-order chi connectivity index (χ1) is 14.8. The van der Waals surface area contributed by atoms with Crippen LogP contribution in [-0.4, -0.2) is 41.8 Å². The lowest BCUT2D eigenvalue weighted by Crippen LogP contribution is -2.16. The molecule has 0 aliphatic rings. The van der Waals surface area contributed by atoms with Gasteiger partial charge in [0.15, 0.2) is 18.1 Å². The van der Waals surface area contributed by atoms with E-state index in [1.807, 2.05) is 0 Å². The minimum Gasteiger partial charge on any atom is -0.493 e. The highest BCUT2D eigenvalue weighted by atomic mass is 35.5. The van der Waals surface area contributed by atoms with Crippen molar-refractivity contribution < 1.29 is 29.1 Å². The number of hydrogen-bond donors (Lipinski definition) is 2. The van der Waals surface area contributed by atoms with E-state index in [1.54, 1.807) is 12.1 Å². The maximum Gasteiger partial charge on any atom is 0.341 e. The number of thiophene rings is 1. The summed E-state index contributed by atoms with van der Waals surface area (Å²) in [5.41, 5.74) is 2.78. The Bertz CT molecular complexity index is 1210. The highest BCUT2D eigenvalue weighted by Gasteiger charge is 2.14. The van der Waals surface area contributed by atoms with Gasteiger partial charge in [-0.25, -0.2) is 10.2 Å². The summed E-state index contributed by atoms with van der Waals surface area (Å²) in [5, 5.41) is 24.2. The van der Waals surface area contributed by atoms with Crippen molar-refractivity contribution in [3.05, 3.63) is 62.0 Å². The first-order valence-electron chi connectivity index (χ1n) is 8.52. The van der Waals surface area contributed by atoms with Gasteiger partial charge in [-0.1, -0.05) is 11.6 Å². The van der Waals surface area contributed by atoms with Crippen LogP contribution in [-0.2, 0) is 4.79 Å². The number of halogens is 1. The van der Waals surface area contributed by atoms with E-state index in [9.17, 15) is 19.7 Å². The number of rotatable bonds is 8. The number of hydrazone groups is 1. The minimum atomic E-state index is -1.16. The van der Waals surface area contributed by atoms with Crippen LogP contribution >= 0.6 is 22.9 Å². The number of non-ortho nitro benzene ring substituents is 1. The zero-order valence-electron chi connectivity index (χ0n) is 15.8. The van der Waals surface area contributed by atoms with Gasteiger partial charge in [0.25, 0.3) is 11.6 Å². The van der Waals surface area contributed by atoms with Gasteiger partial charge in [0.2, 0.25) is 0 Å². The Kier molecular flexibility index (Phi) is 6.68. The standard InChI is InChI=1S/C19H14ClN3O7S/c1-29-14-5-10(4-13(20)18(14)30-9-17(24)25)8-21-22-19(26)16-7-11-6-12(23(27)28)2-3-15(11)31-16/h2-8H,9H2,1H3,(H,22,26)(H,24,25)/b21-8-. The topological polar surface area (TPSA) is 140 Å². The highest BCUT2D eigenvalue weighted by Crippen LogP contribution is 2.36. The number of nitro groups is 1. The Morgan fingerprint density at radius 2 is 2.10 bits per heavy atom. The van der Waals surface area contributed by atoms with Crippen LogP contribution in [0, 0.1) is 10.1 Å². The molecule has 0 atom stereocenters. The Morgan fingerprint density at radius 1 is 1.32 bits per heavy atom. The molecule has 2 N–H and O–H groups in total. The molecule has 3 aromatic rings. The zero-order chi connectivity index (χ0) is 22.5. The fraction of sp³-hybridized carbons (Fsp3) is 0.105. The van der Waals surface area contributed by atoms with Gasteiger partial charge in [-0.15, -0.1) is 11.3 Å². The van der Waals surface area contributed by atoms with E-state index in [0.717, 1.165) is 4.70 Å². The minimum absolute atomic E-state index is 0.0584. The van der Waals surface area contributed by atoms with Crippen LogP contribution in [0.15, 0.2) is 41.5 Å². The monoisotopic (exact) mass is 463 g/mol. The number of fused-ring (bicyclic) bond motifs is 1. The molecule has 0 unspecified atom stereocenters. The summed E-state index contributed by atoms with van der Waals surface area (Å²) in [6.45, 7) is -0.585. The molecular weight excluding hydrogens is 450 g/mol. The molecule has 160 valence electrons. The molecule has 12 heteroatoms. The van der Waals surface area contributed by atoms with Crippen molar-refractivity contribution in [2.45, 2.75) is 0 Å². The molecule has 0 aliphatic heterocycles. The molecule has 10 nitrogen and oxygen atoms in total. The second kappa shape index (κ2) is 9.41. The predicted molar refractivity (Wildman–Crippen MR) is 115 cm³/mol. The van der Waals surface area contributed by atoms with Crippen LogP contribution in [0.5, 0.6) is 11.5 Å². The maximum absolute atomic E-state index is 12.3. The van der Waals surface area contributed by atoms with Gasteiger partial charge in [0.1, 0.15) is 0 Å². The van der Waals surface area contributed by atoms with Gasteiger partial charge in [0, 0.05) is 22.2 Å². The largest absolute Gasteiger partial charge is 0.493 e. The molecular formula is C19H14ClN3O7S. The number of carbonyl (C=O) groups is 2. The number of carbonyl (C=O) groups excluding carboxylic acids is 1. The summed E-state index contributed by atoms with van der Waals surface area (Å²) >= 11 is 7.30. The summed E-state index contributed by atoms with van der Waals surface area (Å²) in [7, 11) is 1.37. The first kappa shape index (κ1) is 22.0. The van der Waals surface area contributed by atoms with Crippen LogP contribution < -0.4 is 14.9 Å². The third kappa shape index (κ3) is 5.27. The maximum atomic E-state index is 12.3. The number of nitrogens with zero attached hydrogens (tertiary/aromatic N) is 2. The van der Waals surface area contributed by atoms with Crippen molar-refractivity contribution in [3.8, 4) is 11.5 Å². The number of methoxy groups -OCH3 is 1. The zero-order valence-corrected chi connectivity index (χ0v) is 17.4. The Morgan fingerprint density at radius 3 is 2.77 bits per heavy atom.